The summed E-state index contributed by atoms with van der Waals surface area (Å²) in [5, 5.41) is 10.3. The molecule has 1 heterocycles. The average molecular weight is 192 g/mol. The van der Waals surface area contributed by atoms with Crippen molar-refractivity contribution in [3.63, 3.8) is 0 Å². The molecule has 1 aliphatic rings. The molecule has 1 aliphatic heterocycles. The van der Waals surface area contributed by atoms with Crippen LogP contribution in [0.4, 0.5) is 0 Å². The quantitative estimate of drug-likeness (QED) is 0.744. The fraction of sp³-hybridized carbons (Fsp3) is 0.500. The lowest BCUT2D eigenvalue weighted by Gasteiger charge is -2.21. The number of hydrogen-bond acceptors (Lipinski definition) is 2. The Kier molecular flexibility index (Phi) is 2.33. The number of aliphatic hydroxyl groups is 1. The summed E-state index contributed by atoms with van der Waals surface area (Å²) in [5.74, 6) is 0. The summed E-state index contributed by atoms with van der Waals surface area (Å²) in [4.78, 5) is 0. The normalized spacial score (nSPS) is 29.6. The predicted molar refractivity (Wildman–Crippen MR) is 55.0 cm³/mol. The molecule has 2 rings (SSSR count). The van der Waals surface area contributed by atoms with Crippen LogP contribution in [0.3, 0.4) is 0 Å². The molecular weight excluding hydrogens is 176 g/mol. The van der Waals surface area contributed by atoms with E-state index in [1.54, 1.807) is 0 Å². The largest absolute Gasteiger partial charge is 0.383 e. The molecule has 0 saturated carbocycles. The second-order valence-electron chi connectivity index (χ2n) is 4.02. The van der Waals surface area contributed by atoms with E-state index < -0.39 is 5.60 Å². The molecule has 0 aromatic heterocycles. The minimum absolute atomic E-state index is 0.0325. The van der Waals surface area contributed by atoms with Crippen LogP contribution in [0.15, 0.2) is 30.3 Å². The summed E-state index contributed by atoms with van der Waals surface area (Å²) in [6.07, 6.45) is 1.16. The summed E-state index contributed by atoms with van der Waals surface area (Å²) < 4.78 is 5.44. The van der Waals surface area contributed by atoms with Gasteiger partial charge in [-0.2, -0.15) is 0 Å². The van der Waals surface area contributed by atoms with Crippen molar-refractivity contribution in [3.8, 4) is 0 Å². The molecule has 0 bridgehead atoms. The van der Waals surface area contributed by atoms with E-state index in [9.17, 15) is 5.11 Å². The standard InChI is InChI=1S/C12H16O2/c1-3-10-11(14-10)12(2,13)9-7-5-4-6-8-9/h4-8,10-11,13H,3H2,1-2H3/t10-,11+,12-/m0/s1. The van der Waals surface area contributed by atoms with E-state index in [4.69, 9.17) is 4.74 Å². The van der Waals surface area contributed by atoms with Gasteiger partial charge in [-0.25, -0.2) is 0 Å². The molecule has 0 radical (unpaired) electrons. The van der Waals surface area contributed by atoms with Crippen LogP contribution in [0.2, 0.25) is 0 Å². The zero-order valence-corrected chi connectivity index (χ0v) is 8.60. The minimum Gasteiger partial charge on any atom is -0.383 e. The molecule has 2 nitrogen and oxygen atoms in total. The third-order valence-corrected chi connectivity index (χ3v) is 2.90. The van der Waals surface area contributed by atoms with E-state index in [2.05, 4.69) is 6.92 Å². The first-order valence-corrected chi connectivity index (χ1v) is 5.09. The van der Waals surface area contributed by atoms with Crippen LogP contribution in [0, 0.1) is 0 Å². The van der Waals surface area contributed by atoms with E-state index in [1.807, 2.05) is 37.3 Å². The van der Waals surface area contributed by atoms with Crippen molar-refractivity contribution in [2.75, 3.05) is 0 Å². The topological polar surface area (TPSA) is 32.8 Å². The van der Waals surface area contributed by atoms with Crippen molar-refractivity contribution in [1.29, 1.82) is 0 Å². The van der Waals surface area contributed by atoms with Gasteiger partial charge in [0.25, 0.3) is 0 Å². The molecule has 1 aromatic carbocycles. The molecule has 14 heavy (non-hydrogen) atoms. The molecule has 0 unspecified atom stereocenters. The fourth-order valence-electron chi connectivity index (χ4n) is 1.89. The lowest BCUT2D eigenvalue weighted by atomic mass is 9.90. The fourth-order valence-corrected chi connectivity index (χ4v) is 1.89. The van der Waals surface area contributed by atoms with Gasteiger partial charge in [0.05, 0.1) is 6.10 Å². The molecule has 0 amide bonds. The van der Waals surface area contributed by atoms with Gasteiger partial charge < -0.3 is 9.84 Å². The molecular formula is C12H16O2. The third-order valence-electron chi connectivity index (χ3n) is 2.90. The molecule has 0 aliphatic carbocycles. The van der Waals surface area contributed by atoms with Crippen LogP contribution in [0.25, 0.3) is 0 Å². The van der Waals surface area contributed by atoms with Gasteiger partial charge in [-0.3, -0.25) is 0 Å². The van der Waals surface area contributed by atoms with E-state index >= 15 is 0 Å². The predicted octanol–water partition coefficient (Wildman–Crippen LogP) is 2.07. The van der Waals surface area contributed by atoms with Gasteiger partial charge in [-0.15, -0.1) is 0 Å². The first-order valence-electron chi connectivity index (χ1n) is 5.09. The summed E-state index contributed by atoms with van der Waals surface area (Å²) in [6.45, 7) is 3.90. The number of epoxide rings is 1. The van der Waals surface area contributed by atoms with Crippen LogP contribution in [0.5, 0.6) is 0 Å². The Bertz CT molecular complexity index is 305. The lowest BCUT2D eigenvalue weighted by molar-refractivity contribution is 0.0259. The third kappa shape index (κ3) is 1.56. The van der Waals surface area contributed by atoms with E-state index in [-0.39, 0.29) is 12.2 Å². The molecule has 3 atom stereocenters. The average Bonchev–Trinajstić information content (AvgIpc) is 2.98. The van der Waals surface area contributed by atoms with Crippen molar-refractivity contribution < 1.29 is 9.84 Å². The second kappa shape index (κ2) is 3.37. The van der Waals surface area contributed by atoms with Crippen molar-refractivity contribution in [1.82, 2.24) is 0 Å². The van der Waals surface area contributed by atoms with Gasteiger partial charge in [0.1, 0.15) is 11.7 Å². The molecule has 0 spiro atoms. The monoisotopic (exact) mass is 192 g/mol. The van der Waals surface area contributed by atoms with Gasteiger partial charge in [-0.05, 0) is 18.9 Å². The number of ether oxygens (including phenoxy) is 1. The lowest BCUT2D eigenvalue weighted by Crippen LogP contribution is -2.29. The summed E-state index contributed by atoms with van der Waals surface area (Å²) in [6, 6.07) is 9.70. The van der Waals surface area contributed by atoms with Gasteiger partial charge in [0.2, 0.25) is 0 Å². The van der Waals surface area contributed by atoms with E-state index in [0.29, 0.717) is 0 Å². The Labute approximate surface area is 84.5 Å². The molecule has 1 saturated heterocycles. The van der Waals surface area contributed by atoms with Gasteiger partial charge in [0, 0.05) is 0 Å². The molecule has 76 valence electrons. The van der Waals surface area contributed by atoms with Crippen molar-refractivity contribution >= 4 is 0 Å². The minimum atomic E-state index is -0.845. The maximum absolute atomic E-state index is 10.3. The van der Waals surface area contributed by atoms with Crippen molar-refractivity contribution in [3.05, 3.63) is 35.9 Å². The second-order valence-corrected chi connectivity index (χ2v) is 4.02. The smallest absolute Gasteiger partial charge is 0.117 e. The van der Waals surface area contributed by atoms with Crippen LogP contribution >= 0.6 is 0 Å². The van der Waals surface area contributed by atoms with Gasteiger partial charge in [-0.1, -0.05) is 37.3 Å². The van der Waals surface area contributed by atoms with Crippen molar-refractivity contribution in [2.24, 2.45) is 0 Å². The SMILES string of the molecule is CC[C@@H]1O[C@H]1[C@@](C)(O)c1ccccc1. The van der Waals surface area contributed by atoms with Crippen LogP contribution in [0.1, 0.15) is 25.8 Å². The molecule has 2 heteroatoms. The molecule has 1 fully saturated rings. The highest BCUT2D eigenvalue weighted by Crippen LogP contribution is 2.40. The van der Waals surface area contributed by atoms with Gasteiger partial charge in [0.15, 0.2) is 0 Å². The first kappa shape index (κ1) is 9.69. The summed E-state index contributed by atoms with van der Waals surface area (Å²) >= 11 is 0. The van der Waals surface area contributed by atoms with Gasteiger partial charge >= 0.3 is 0 Å². The Morgan fingerprint density at radius 1 is 1.36 bits per heavy atom. The maximum Gasteiger partial charge on any atom is 0.117 e. The maximum atomic E-state index is 10.3. The zero-order valence-electron chi connectivity index (χ0n) is 8.60. The number of rotatable bonds is 3. The zero-order chi connectivity index (χ0) is 10.2. The highest BCUT2D eigenvalue weighted by Gasteiger charge is 2.50. The van der Waals surface area contributed by atoms with Crippen LogP contribution < -0.4 is 0 Å². The van der Waals surface area contributed by atoms with Crippen LogP contribution in [-0.2, 0) is 10.3 Å². The highest BCUT2D eigenvalue weighted by atomic mass is 16.6. The number of benzene rings is 1. The Hall–Kier alpha value is -0.860. The Balaban J connectivity index is 2.17. The van der Waals surface area contributed by atoms with E-state index in [1.165, 1.54) is 0 Å². The first-order chi connectivity index (χ1) is 6.66. The Morgan fingerprint density at radius 2 is 2.00 bits per heavy atom. The molecule has 1 N–H and O–H groups in total. The summed E-state index contributed by atoms with van der Waals surface area (Å²) in [7, 11) is 0. The summed E-state index contributed by atoms with van der Waals surface area (Å²) in [5.41, 5.74) is 0.0861. The molecule has 1 aromatic rings. The van der Waals surface area contributed by atoms with Crippen molar-refractivity contribution in [2.45, 2.75) is 38.1 Å². The Morgan fingerprint density at radius 3 is 2.50 bits per heavy atom. The number of hydrogen-bond donors (Lipinski definition) is 1. The highest BCUT2D eigenvalue weighted by molar-refractivity contribution is 5.25. The van der Waals surface area contributed by atoms with E-state index in [0.717, 1.165) is 12.0 Å². The van der Waals surface area contributed by atoms with Crippen LogP contribution in [-0.4, -0.2) is 17.3 Å².